The number of halogens is 2. The molecule has 3 nitrogen and oxygen atoms in total. The van der Waals surface area contributed by atoms with Crippen LogP contribution in [0.25, 0.3) is 0 Å². The number of nitrogen functional groups attached to an aromatic ring is 1. The van der Waals surface area contributed by atoms with Crippen molar-refractivity contribution in [2.24, 2.45) is 0 Å². The zero-order chi connectivity index (χ0) is 10.8. The number of nitrogens with one attached hydrogen (secondary N) is 1. The molecule has 2 aromatic rings. The first kappa shape index (κ1) is 10.3. The van der Waals surface area contributed by atoms with E-state index >= 15 is 0 Å². The Morgan fingerprint density at radius 2 is 2.27 bits per heavy atom. The molecule has 1 aromatic heterocycles. The molecule has 0 fully saturated rings. The van der Waals surface area contributed by atoms with Gasteiger partial charge in [-0.2, -0.15) is 5.10 Å². The highest BCUT2D eigenvalue weighted by Gasteiger charge is 2.06. The summed E-state index contributed by atoms with van der Waals surface area (Å²) >= 11 is 7.02. The van der Waals surface area contributed by atoms with Crippen molar-refractivity contribution in [3.05, 3.63) is 35.2 Å². The molecule has 0 saturated carbocycles. The minimum Gasteiger partial charge on any atom is -0.383 e. The summed E-state index contributed by atoms with van der Waals surface area (Å²) in [5.74, 6) is 0.0571. The van der Waals surface area contributed by atoms with E-state index in [0.29, 0.717) is 5.82 Å². The number of hydrogen-bond acceptors (Lipinski definition) is 3. The number of hydrogen-bond donors (Lipinski definition) is 2. The number of aromatic amines is 1. The quantitative estimate of drug-likeness (QED) is 0.853. The molecule has 3 N–H and O–H groups in total. The largest absolute Gasteiger partial charge is 0.383 e. The van der Waals surface area contributed by atoms with Crippen LogP contribution in [-0.4, -0.2) is 10.2 Å². The van der Waals surface area contributed by atoms with Crippen LogP contribution in [0.2, 0.25) is 5.02 Å². The smallest absolute Gasteiger partial charge is 0.141 e. The molecule has 6 heteroatoms. The molecule has 1 aromatic carbocycles. The molecule has 0 amide bonds. The van der Waals surface area contributed by atoms with Gasteiger partial charge in [-0.05, 0) is 18.2 Å². The van der Waals surface area contributed by atoms with E-state index in [1.165, 1.54) is 17.8 Å². The van der Waals surface area contributed by atoms with Crippen LogP contribution in [0.1, 0.15) is 0 Å². The van der Waals surface area contributed by atoms with Crippen molar-refractivity contribution in [1.29, 1.82) is 0 Å². The Labute approximate surface area is 94.8 Å². The first-order chi connectivity index (χ1) is 7.16. The number of H-pyrrole nitrogens is 1. The van der Waals surface area contributed by atoms with Crippen LogP contribution in [0.4, 0.5) is 10.2 Å². The first-order valence-electron chi connectivity index (χ1n) is 4.08. The van der Waals surface area contributed by atoms with Crippen molar-refractivity contribution in [3.8, 4) is 0 Å². The molecule has 0 aliphatic rings. The lowest BCUT2D eigenvalue weighted by atomic mass is 10.3. The molecular formula is C9H7ClFN3S. The highest BCUT2D eigenvalue weighted by molar-refractivity contribution is 7.99. The van der Waals surface area contributed by atoms with Gasteiger partial charge in [-0.15, -0.1) is 0 Å². The van der Waals surface area contributed by atoms with Crippen LogP contribution < -0.4 is 5.73 Å². The second-order valence-corrected chi connectivity index (χ2v) is 4.35. The van der Waals surface area contributed by atoms with E-state index in [2.05, 4.69) is 10.2 Å². The second kappa shape index (κ2) is 4.12. The van der Waals surface area contributed by atoms with Gasteiger partial charge in [-0.1, -0.05) is 23.4 Å². The molecular weight excluding hydrogens is 237 g/mol. The predicted octanol–water partition coefficient (Wildman–Crippen LogP) is 2.94. The lowest BCUT2D eigenvalue weighted by Crippen LogP contribution is -1.86. The van der Waals surface area contributed by atoms with Crippen LogP contribution in [0.15, 0.2) is 34.2 Å². The molecule has 78 valence electrons. The maximum atomic E-state index is 12.9. The zero-order valence-electron chi connectivity index (χ0n) is 7.50. The van der Waals surface area contributed by atoms with Gasteiger partial charge in [-0.25, -0.2) is 4.39 Å². The molecule has 2 rings (SSSR count). The summed E-state index contributed by atoms with van der Waals surface area (Å²) in [5.41, 5.74) is 5.61. The number of nitrogens with two attached hydrogens (primary N) is 1. The Kier molecular flexibility index (Phi) is 2.83. The van der Waals surface area contributed by atoms with Crippen LogP contribution in [0, 0.1) is 5.82 Å². The fourth-order valence-corrected chi connectivity index (χ4v) is 2.11. The molecule has 0 radical (unpaired) electrons. The first-order valence-corrected chi connectivity index (χ1v) is 5.28. The summed E-state index contributed by atoms with van der Waals surface area (Å²) in [6.07, 6.45) is 1.61. The van der Waals surface area contributed by atoms with Crippen molar-refractivity contribution in [2.75, 3.05) is 5.73 Å². The van der Waals surface area contributed by atoms with Gasteiger partial charge in [0.25, 0.3) is 0 Å². The normalized spacial score (nSPS) is 10.5. The third-order valence-corrected chi connectivity index (χ3v) is 3.08. The molecule has 0 saturated heterocycles. The minimum absolute atomic E-state index is 0.0991. The van der Waals surface area contributed by atoms with E-state index in [1.807, 2.05) is 0 Å². The minimum atomic E-state index is -0.429. The highest BCUT2D eigenvalue weighted by Crippen LogP contribution is 2.32. The Balaban J connectivity index is 2.25. The Morgan fingerprint density at radius 1 is 1.47 bits per heavy atom. The van der Waals surface area contributed by atoms with Crippen LogP contribution in [-0.2, 0) is 0 Å². The van der Waals surface area contributed by atoms with Gasteiger partial charge in [0.2, 0.25) is 0 Å². The molecule has 0 unspecified atom stereocenters. The van der Waals surface area contributed by atoms with Crippen LogP contribution in [0.3, 0.4) is 0 Å². The van der Waals surface area contributed by atoms with Crippen molar-refractivity contribution in [3.63, 3.8) is 0 Å². The van der Waals surface area contributed by atoms with E-state index < -0.39 is 5.82 Å². The van der Waals surface area contributed by atoms with Gasteiger partial charge in [0.05, 0.1) is 16.1 Å². The molecule has 0 atom stereocenters. The monoisotopic (exact) mass is 243 g/mol. The number of aromatic nitrogens is 2. The number of nitrogens with zero attached hydrogens (tertiary/aromatic N) is 1. The maximum absolute atomic E-state index is 12.9. The molecule has 0 bridgehead atoms. The Bertz CT molecular complexity index is 486. The Morgan fingerprint density at radius 3 is 2.87 bits per heavy atom. The van der Waals surface area contributed by atoms with Crippen LogP contribution >= 0.6 is 23.4 Å². The third-order valence-electron chi connectivity index (χ3n) is 1.75. The van der Waals surface area contributed by atoms with Crippen molar-refractivity contribution >= 4 is 29.2 Å². The topological polar surface area (TPSA) is 54.7 Å². The fraction of sp³-hybridized carbons (Fsp3) is 0. The van der Waals surface area contributed by atoms with Gasteiger partial charge in [0.1, 0.15) is 11.6 Å². The summed E-state index contributed by atoms with van der Waals surface area (Å²) < 4.78 is 12.9. The lowest BCUT2D eigenvalue weighted by Gasteiger charge is -2.00. The van der Waals surface area contributed by atoms with Gasteiger partial charge >= 0.3 is 0 Å². The summed E-state index contributed by atoms with van der Waals surface area (Å²) in [7, 11) is 0. The van der Waals surface area contributed by atoms with E-state index in [4.69, 9.17) is 17.3 Å². The van der Waals surface area contributed by atoms with E-state index in [9.17, 15) is 4.39 Å². The van der Waals surface area contributed by atoms with Crippen molar-refractivity contribution < 1.29 is 4.39 Å². The summed E-state index contributed by atoms with van der Waals surface area (Å²) in [6, 6.07) is 4.51. The summed E-state index contributed by atoms with van der Waals surface area (Å²) in [5, 5.41) is 6.49. The number of rotatable bonds is 2. The Hall–Kier alpha value is -1.20. The average Bonchev–Trinajstić information content (AvgIpc) is 2.59. The highest BCUT2D eigenvalue weighted by atomic mass is 35.5. The SMILES string of the molecule is Nc1[nH]ncc1Sc1ccc(F)c(Cl)c1. The zero-order valence-corrected chi connectivity index (χ0v) is 9.07. The van der Waals surface area contributed by atoms with E-state index in [1.54, 1.807) is 18.3 Å². The fourth-order valence-electron chi connectivity index (χ4n) is 1.03. The standard InChI is InChI=1S/C9H7ClFN3S/c10-6-3-5(1-2-7(6)11)15-8-4-13-14-9(8)12/h1-4H,(H3,12,13,14). The van der Waals surface area contributed by atoms with Gasteiger partial charge in [0, 0.05) is 4.90 Å². The number of benzene rings is 1. The molecule has 1 heterocycles. The molecule has 15 heavy (non-hydrogen) atoms. The van der Waals surface area contributed by atoms with Crippen molar-refractivity contribution in [2.45, 2.75) is 9.79 Å². The average molecular weight is 244 g/mol. The van der Waals surface area contributed by atoms with Gasteiger partial charge in [0.15, 0.2) is 0 Å². The summed E-state index contributed by atoms with van der Waals surface area (Å²) in [6.45, 7) is 0. The molecule has 0 spiro atoms. The molecule has 0 aliphatic carbocycles. The van der Waals surface area contributed by atoms with Crippen LogP contribution in [0.5, 0.6) is 0 Å². The van der Waals surface area contributed by atoms with E-state index in [0.717, 1.165) is 9.79 Å². The second-order valence-electron chi connectivity index (χ2n) is 2.83. The maximum Gasteiger partial charge on any atom is 0.141 e. The third kappa shape index (κ3) is 2.24. The van der Waals surface area contributed by atoms with Gasteiger partial charge in [-0.3, -0.25) is 5.10 Å². The number of anilines is 1. The van der Waals surface area contributed by atoms with Crippen molar-refractivity contribution in [1.82, 2.24) is 10.2 Å². The predicted molar refractivity (Wildman–Crippen MR) is 58.5 cm³/mol. The van der Waals surface area contributed by atoms with Gasteiger partial charge < -0.3 is 5.73 Å². The van der Waals surface area contributed by atoms with E-state index in [-0.39, 0.29) is 5.02 Å². The lowest BCUT2D eigenvalue weighted by molar-refractivity contribution is 0.627. The summed E-state index contributed by atoms with van der Waals surface area (Å²) in [4.78, 5) is 1.60. The molecule has 0 aliphatic heterocycles.